The molecule has 0 spiro atoms. The standard InChI is InChI=1S/C82H81N5O17/c1-3-43-92-51-64-69(96-47-56-31-15-7-16-32-56)74(95-44-4-2)75(99-50-59-37-21-10-22-38-59)82(102-64)104-71-66(53-94-46-55-29-13-6-14-30-55)101-81(68(73(71)98-49-58-35-19-9-20-36-58)87-79(90)62-41-25-26-42-63(62)80(87)91)103-70-65(52-93-45-54-27-11-5-12-28-54)100-76(84-85-83)67(72(70)97-48-57-33-17-8-18-34-57)86-77(88)60-39-23-24-40-61(60)78(86)89/h3-42,64-76,81-82H,1-2,43-53H2/t64-,65-,66-,67-,68-,69-,70-,71-,72-,73-,74+,75+,76-,81+,82-/m1/s1. The molecule has 8 aromatic carbocycles. The number of nitrogens with zero attached hydrogens (tertiary/aromatic N) is 5. The number of carbonyl (C=O) groups is 4. The number of fused-ring (bicyclic) bond motifs is 2. The number of hydrogen-bond acceptors (Lipinski definition) is 18. The van der Waals surface area contributed by atoms with E-state index in [1.54, 1.807) is 48.6 Å². The SMILES string of the molecule is C=CCOC[C@H]1O[C@H](O[C@H]2[C@H](OCc3ccccc3)[C@@H](N3C(=O)c4ccccc4C3=O)[C@H](O[C@H]3[C@H](OCc4ccccc4)[C@@H](N4C(=O)c5ccccc5C4=O)[C@H](N=[N+]=[N-])O[C@@H]3COCc3ccccc3)O[C@@H]2COCc2ccccc2)[C@@H](OCc2ccccc2)[C@@H](OCC=C)[C@@H]1OCc1ccccc1. The summed E-state index contributed by atoms with van der Waals surface area (Å²) in [5.74, 6) is -2.89. The summed E-state index contributed by atoms with van der Waals surface area (Å²) >= 11 is 0. The van der Waals surface area contributed by atoms with Gasteiger partial charge in [0.15, 0.2) is 18.8 Å². The fourth-order valence-corrected chi connectivity index (χ4v) is 13.8. The highest BCUT2D eigenvalue weighted by atomic mass is 16.8. The normalized spacial score (nSPS) is 25.8. The van der Waals surface area contributed by atoms with Gasteiger partial charge in [-0.1, -0.05) is 224 Å². The van der Waals surface area contributed by atoms with Crippen LogP contribution < -0.4 is 0 Å². The molecule has 0 aromatic heterocycles. The quantitative estimate of drug-likeness (QED) is 0.00908. The lowest BCUT2D eigenvalue weighted by Gasteiger charge is -2.53. The van der Waals surface area contributed by atoms with Gasteiger partial charge in [0.2, 0.25) is 0 Å². The molecule has 4 amide bonds. The zero-order valence-electron chi connectivity index (χ0n) is 57.1. The summed E-state index contributed by atoms with van der Waals surface area (Å²) in [6.07, 6.45) is -14.1. The molecule has 0 bridgehead atoms. The lowest BCUT2D eigenvalue weighted by Crippen LogP contribution is -2.71. The highest BCUT2D eigenvalue weighted by Gasteiger charge is 2.61. The van der Waals surface area contributed by atoms with Crippen LogP contribution in [0.2, 0.25) is 0 Å². The Hall–Kier alpha value is -9.69. The van der Waals surface area contributed by atoms with Crippen LogP contribution in [0.5, 0.6) is 0 Å². The van der Waals surface area contributed by atoms with Gasteiger partial charge in [0, 0.05) is 4.91 Å². The van der Waals surface area contributed by atoms with E-state index in [-0.39, 0.29) is 94.9 Å². The van der Waals surface area contributed by atoms with Crippen molar-refractivity contribution < 1.29 is 80.8 Å². The van der Waals surface area contributed by atoms with Gasteiger partial charge < -0.3 is 61.6 Å². The summed E-state index contributed by atoms with van der Waals surface area (Å²) in [5.41, 5.74) is 15.5. The molecule has 13 rings (SSSR count). The average Bonchev–Trinajstić information content (AvgIpc) is 1.56. The van der Waals surface area contributed by atoms with E-state index in [0.717, 1.165) is 32.1 Å². The monoisotopic (exact) mass is 1410 g/mol. The maximum atomic E-state index is 15.8. The average molecular weight is 1410 g/mol. The fraction of sp³-hybridized carbons (Fsp3) is 0.317. The molecule has 0 saturated carbocycles. The van der Waals surface area contributed by atoms with Gasteiger partial charge in [-0.2, -0.15) is 0 Å². The topological polar surface area (TPSA) is 244 Å². The molecule has 8 aromatic rings. The first-order valence-corrected chi connectivity index (χ1v) is 34.7. The van der Waals surface area contributed by atoms with Crippen molar-refractivity contribution >= 4 is 23.6 Å². The Kier molecular flexibility index (Phi) is 24.9. The number of benzene rings is 8. The van der Waals surface area contributed by atoms with E-state index in [1.165, 1.54) is 12.1 Å². The summed E-state index contributed by atoms with van der Waals surface area (Å²) < 4.78 is 91.9. The van der Waals surface area contributed by atoms with Gasteiger partial charge in [0.1, 0.15) is 73.1 Å². The lowest BCUT2D eigenvalue weighted by atomic mass is 9.92. The Bertz CT molecular complexity index is 4130. The number of ether oxygens (including phenoxy) is 13. The van der Waals surface area contributed by atoms with Gasteiger partial charge in [0.05, 0.1) is 94.9 Å². The van der Waals surface area contributed by atoms with Gasteiger partial charge in [-0.05, 0) is 63.2 Å². The number of carbonyl (C=O) groups excluding carboxylic acids is 4. The third kappa shape index (κ3) is 17.1. The molecule has 5 aliphatic rings. The smallest absolute Gasteiger partial charge is 0.262 e. The summed E-state index contributed by atoms with van der Waals surface area (Å²) in [7, 11) is 0. The van der Waals surface area contributed by atoms with Crippen molar-refractivity contribution in [2.24, 2.45) is 5.11 Å². The van der Waals surface area contributed by atoms with Crippen molar-refractivity contribution in [3.63, 3.8) is 0 Å². The number of azide groups is 1. The number of hydrogen-bond donors (Lipinski definition) is 0. The second-order valence-electron chi connectivity index (χ2n) is 25.5. The van der Waals surface area contributed by atoms with Crippen molar-refractivity contribution in [1.29, 1.82) is 0 Å². The number of rotatable bonds is 34. The van der Waals surface area contributed by atoms with Crippen LogP contribution in [-0.4, -0.2) is 158 Å². The van der Waals surface area contributed by atoms with E-state index in [1.807, 2.05) is 182 Å². The van der Waals surface area contributed by atoms with Gasteiger partial charge in [-0.15, -0.1) is 13.2 Å². The molecule has 0 N–H and O–H groups in total. The molecule has 3 saturated heterocycles. The third-order valence-electron chi connectivity index (χ3n) is 18.7. The molecule has 0 radical (unpaired) electrons. The highest BCUT2D eigenvalue weighted by Crippen LogP contribution is 2.43. The Morgan fingerprint density at radius 2 is 0.683 bits per heavy atom. The van der Waals surface area contributed by atoms with Crippen molar-refractivity contribution in [2.45, 2.75) is 132 Å². The van der Waals surface area contributed by atoms with Crippen LogP contribution in [-0.2, 0) is 101 Å². The Morgan fingerprint density at radius 1 is 0.356 bits per heavy atom. The van der Waals surface area contributed by atoms with Crippen molar-refractivity contribution in [2.75, 3.05) is 33.0 Å². The first kappa shape index (κ1) is 72.7. The number of imide groups is 2. The lowest BCUT2D eigenvalue weighted by molar-refractivity contribution is -0.375. The van der Waals surface area contributed by atoms with Gasteiger partial charge >= 0.3 is 0 Å². The molecule has 5 aliphatic heterocycles. The predicted molar refractivity (Wildman–Crippen MR) is 380 cm³/mol. The summed E-state index contributed by atoms with van der Waals surface area (Å²) in [6, 6.07) is 66.2. The molecule has 22 heteroatoms. The molecule has 536 valence electrons. The van der Waals surface area contributed by atoms with Gasteiger partial charge in [-0.25, -0.2) is 0 Å². The van der Waals surface area contributed by atoms with Crippen LogP contribution in [0.1, 0.15) is 74.8 Å². The predicted octanol–water partition coefficient (Wildman–Crippen LogP) is 12.1. The molecule has 104 heavy (non-hydrogen) atoms. The molecular weight excluding hydrogens is 1330 g/mol. The van der Waals surface area contributed by atoms with E-state index < -0.39 is 116 Å². The molecular formula is C82H81N5O17. The largest absolute Gasteiger partial charge is 0.375 e. The number of amides is 4. The zero-order valence-corrected chi connectivity index (χ0v) is 57.1. The Labute approximate surface area is 603 Å². The van der Waals surface area contributed by atoms with Gasteiger partial charge in [0.25, 0.3) is 23.6 Å². The highest BCUT2D eigenvalue weighted by molar-refractivity contribution is 6.22. The van der Waals surface area contributed by atoms with Crippen LogP contribution in [0.15, 0.2) is 261 Å². The third-order valence-corrected chi connectivity index (χ3v) is 18.7. The molecule has 15 atom stereocenters. The van der Waals surface area contributed by atoms with Crippen molar-refractivity contribution in [1.82, 2.24) is 9.80 Å². The zero-order chi connectivity index (χ0) is 71.6. The van der Waals surface area contributed by atoms with E-state index in [0.29, 0.717) is 11.1 Å². The van der Waals surface area contributed by atoms with E-state index in [4.69, 9.17) is 61.6 Å². The van der Waals surface area contributed by atoms with Crippen LogP contribution in [0, 0.1) is 0 Å². The minimum absolute atomic E-state index is 0.0352. The van der Waals surface area contributed by atoms with Crippen molar-refractivity contribution in [3.8, 4) is 0 Å². The molecule has 5 heterocycles. The first-order chi connectivity index (χ1) is 51.2. The minimum atomic E-state index is -1.80. The van der Waals surface area contributed by atoms with Crippen LogP contribution in [0.4, 0.5) is 0 Å². The summed E-state index contributed by atoms with van der Waals surface area (Å²) in [4.78, 5) is 67.0. The first-order valence-electron chi connectivity index (χ1n) is 34.7. The maximum Gasteiger partial charge on any atom is 0.262 e. The van der Waals surface area contributed by atoms with E-state index >= 15 is 19.2 Å². The second kappa shape index (κ2) is 35.7. The van der Waals surface area contributed by atoms with E-state index in [2.05, 4.69) is 23.2 Å². The van der Waals surface area contributed by atoms with Crippen molar-refractivity contribution in [3.05, 3.63) is 322 Å². The van der Waals surface area contributed by atoms with Crippen LogP contribution >= 0.6 is 0 Å². The summed E-state index contributed by atoms with van der Waals surface area (Å²) in [6.45, 7) is 7.51. The molecule has 0 unspecified atom stereocenters. The minimum Gasteiger partial charge on any atom is -0.375 e. The van der Waals surface area contributed by atoms with E-state index in [9.17, 15) is 5.53 Å². The van der Waals surface area contributed by atoms with Crippen LogP contribution in [0.3, 0.4) is 0 Å². The second-order valence-corrected chi connectivity index (χ2v) is 25.5. The fourth-order valence-electron chi connectivity index (χ4n) is 13.8. The maximum absolute atomic E-state index is 15.8. The molecule has 3 fully saturated rings. The Morgan fingerprint density at radius 3 is 1.10 bits per heavy atom. The van der Waals surface area contributed by atoms with Gasteiger partial charge in [-0.3, -0.25) is 29.0 Å². The summed E-state index contributed by atoms with van der Waals surface area (Å²) in [5, 5.41) is 4.16. The van der Waals surface area contributed by atoms with Crippen LogP contribution in [0.25, 0.3) is 10.4 Å². The molecule has 22 nitrogen and oxygen atoms in total. The molecule has 0 aliphatic carbocycles. The Balaban J connectivity index is 0.980.